The second kappa shape index (κ2) is 6.17. The van der Waals surface area contributed by atoms with Crippen LogP contribution in [0.1, 0.15) is 34.6 Å². The molecule has 8 heteroatoms. The van der Waals surface area contributed by atoms with Crippen molar-refractivity contribution in [1.82, 2.24) is 15.3 Å². The fourth-order valence-electron chi connectivity index (χ4n) is 3.89. The molecule has 0 aromatic rings. The quantitative estimate of drug-likeness (QED) is 0.586. The third-order valence-electron chi connectivity index (χ3n) is 5.45. The van der Waals surface area contributed by atoms with Crippen LogP contribution in [-0.2, 0) is 14.3 Å². The van der Waals surface area contributed by atoms with E-state index in [0.717, 1.165) is 0 Å². The van der Waals surface area contributed by atoms with Gasteiger partial charge in [0.25, 0.3) is 0 Å². The summed E-state index contributed by atoms with van der Waals surface area (Å²) in [6, 6.07) is -1.76. The molecule has 0 aromatic carbocycles. The van der Waals surface area contributed by atoms with E-state index in [4.69, 9.17) is 4.74 Å². The minimum atomic E-state index is -0.731. The maximum absolute atomic E-state index is 13.1. The maximum atomic E-state index is 13.1. The highest BCUT2D eigenvalue weighted by Gasteiger charge is 2.70. The van der Waals surface area contributed by atoms with Crippen molar-refractivity contribution in [2.45, 2.75) is 46.7 Å². The van der Waals surface area contributed by atoms with Gasteiger partial charge in [0, 0.05) is 12.5 Å². The van der Waals surface area contributed by atoms with Crippen molar-refractivity contribution in [3.05, 3.63) is 0 Å². The van der Waals surface area contributed by atoms with Crippen molar-refractivity contribution in [2.75, 3.05) is 13.7 Å². The zero-order chi connectivity index (χ0) is 18.4. The molecule has 2 aliphatic rings. The SMILES string of the molecule is COC(=O)[C@@H]1[C@@H]2[C@H](CN1C(=O)[C@@H](NC(=O)NP)C(C)(C)C)C2(C)C. The van der Waals surface area contributed by atoms with Gasteiger partial charge in [0.2, 0.25) is 5.91 Å². The van der Waals surface area contributed by atoms with E-state index in [1.807, 2.05) is 20.8 Å². The summed E-state index contributed by atoms with van der Waals surface area (Å²) in [7, 11) is 3.45. The number of amides is 3. The minimum Gasteiger partial charge on any atom is -0.467 e. The summed E-state index contributed by atoms with van der Waals surface area (Å²) in [5, 5.41) is 5.09. The number of likely N-dealkylation sites (tertiary alicyclic amines) is 1. The van der Waals surface area contributed by atoms with Gasteiger partial charge in [-0.3, -0.25) is 4.79 Å². The van der Waals surface area contributed by atoms with E-state index < -0.39 is 23.5 Å². The fourth-order valence-corrected chi connectivity index (χ4v) is 3.97. The number of hydrogen-bond donors (Lipinski definition) is 2. The highest BCUT2D eigenvalue weighted by molar-refractivity contribution is 7.15. The lowest BCUT2D eigenvalue weighted by Gasteiger charge is -2.37. The molecular weight excluding hydrogens is 329 g/mol. The molecule has 2 N–H and O–H groups in total. The predicted octanol–water partition coefficient (Wildman–Crippen LogP) is 1.15. The summed E-state index contributed by atoms with van der Waals surface area (Å²) in [6.45, 7) is 10.4. The van der Waals surface area contributed by atoms with Gasteiger partial charge in [-0.1, -0.05) is 34.6 Å². The molecule has 5 atom stereocenters. The number of methoxy groups -OCH3 is 1. The summed E-state index contributed by atoms with van der Waals surface area (Å²) in [5.74, 6) is -0.217. The molecule has 3 amide bonds. The van der Waals surface area contributed by atoms with Crippen LogP contribution in [0.5, 0.6) is 0 Å². The van der Waals surface area contributed by atoms with Crippen LogP contribution >= 0.6 is 9.39 Å². The molecule has 1 saturated heterocycles. The molecule has 1 aliphatic heterocycles. The Morgan fingerprint density at radius 3 is 2.33 bits per heavy atom. The number of esters is 1. The number of fused-ring (bicyclic) bond motifs is 1. The first-order valence-electron chi connectivity index (χ1n) is 8.12. The van der Waals surface area contributed by atoms with E-state index in [9.17, 15) is 14.4 Å². The molecule has 0 radical (unpaired) electrons. The fraction of sp³-hybridized carbons (Fsp3) is 0.812. The third-order valence-corrected chi connectivity index (χ3v) is 5.72. The van der Waals surface area contributed by atoms with E-state index in [-0.39, 0.29) is 23.2 Å². The van der Waals surface area contributed by atoms with Gasteiger partial charge in [-0.05, 0) is 26.1 Å². The smallest absolute Gasteiger partial charge is 0.328 e. The largest absolute Gasteiger partial charge is 0.467 e. The van der Waals surface area contributed by atoms with Crippen LogP contribution in [0.3, 0.4) is 0 Å². The molecule has 7 nitrogen and oxygen atoms in total. The Bertz CT molecular complexity index is 558. The number of rotatable bonds is 3. The van der Waals surface area contributed by atoms with Crippen LogP contribution < -0.4 is 10.4 Å². The molecule has 24 heavy (non-hydrogen) atoms. The number of nitrogens with one attached hydrogen (secondary N) is 2. The lowest BCUT2D eigenvalue weighted by molar-refractivity contribution is -0.154. The Kier molecular flexibility index (Phi) is 4.88. The number of carbonyl (C=O) groups excluding carboxylic acids is 3. The average Bonchev–Trinajstić information content (AvgIpc) is 2.87. The average molecular weight is 357 g/mol. The highest BCUT2D eigenvalue weighted by atomic mass is 31.0. The topological polar surface area (TPSA) is 87.7 Å². The Morgan fingerprint density at radius 1 is 1.29 bits per heavy atom. The Hall–Kier alpha value is -1.36. The number of piperidine rings is 1. The number of urea groups is 1. The van der Waals surface area contributed by atoms with Gasteiger partial charge in [-0.2, -0.15) is 0 Å². The van der Waals surface area contributed by atoms with Gasteiger partial charge < -0.3 is 20.0 Å². The number of hydrogen-bond acceptors (Lipinski definition) is 4. The van der Waals surface area contributed by atoms with Crippen molar-refractivity contribution in [2.24, 2.45) is 22.7 Å². The summed E-state index contributed by atoms with van der Waals surface area (Å²) in [6.07, 6.45) is 0. The number of nitrogens with zero attached hydrogens (tertiary/aromatic N) is 1. The zero-order valence-corrected chi connectivity index (χ0v) is 16.3. The van der Waals surface area contributed by atoms with Crippen LogP contribution in [0, 0.1) is 22.7 Å². The Morgan fingerprint density at radius 2 is 1.88 bits per heavy atom. The predicted molar refractivity (Wildman–Crippen MR) is 92.9 cm³/mol. The minimum absolute atomic E-state index is 0.0394. The number of ether oxygens (including phenoxy) is 1. The monoisotopic (exact) mass is 357 g/mol. The molecular formula is C16H28N3O4P. The van der Waals surface area contributed by atoms with E-state index in [2.05, 4.69) is 33.6 Å². The molecule has 1 saturated carbocycles. The summed E-state index contributed by atoms with van der Waals surface area (Å²) < 4.78 is 4.94. The van der Waals surface area contributed by atoms with Crippen molar-refractivity contribution in [3.8, 4) is 0 Å². The molecule has 0 aromatic heterocycles. The van der Waals surface area contributed by atoms with Gasteiger partial charge in [-0.15, -0.1) is 0 Å². The van der Waals surface area contributed by atoms with Gasteiger partial charge >= 0.3 is 12.0 Å². The van der Waals surface area contributed by atoms with Crippen LogP contribution in [-0.4, -0.2) is 48.5 Å². The normalized spacial score (nSPS) is 28.6. The first-order chi connectivity index (χ1) is 11.0. The number of carbonyl (C=O) groups is 3. The summed E-state index contributed by atoms with van der Waals surface area (Å²) >= 11 is 0. The molecule has 0 bridgehead atoms. The second-order valence-corrected chi connectivity index (χ2v) is 8.62. The lowest BCUT2D eigenvalue weighted by atomic mass is 9.85. The standard InChI is InChI=1S/C16H28N3O4P/c1-15(2,3)11(17-14(22)18-24)12(20)19-7-8-9(16(8,4)5)10(19)13(21)23-6/h8-11H,7,24H2,1-6H3,(H2,17,18,22)/t8-,9-,10-,11+/m0/s1. The molecule has 2 rings (SSSR count). The second-order valence-electron chi connectivity index (χ2n) is 8.33. The van der Waals surface area contributed by atoms with E-state index in [1.165, 1.54) is 7.11 Å². The molecule has 1 heterocycles. The van der Waals surface area contributed by atoms with Gasteiger partial charge in [0.1, 0.15) is 12.1 Å². The third kappa shape index (κ3) is 3.10. The molecule has 2 fully saturated rings. The first kappa shape index (κ1) is 19.0. The van der Waals surface area contributed by atoms with Crippen LogP contribution in [0.25, 0.3) is 0 Å². The first-order valence-corrected chi connectivity index (χ1v) is 8.70. The van der Waals surface area contributed by atoms with E-state index in [0.29, 0.717) is 12.5 Å². The molecule has 1 unspecified atom stereocenters. The van der Waals surface area contributed by atoms with Crippen molar-refractivity contribution >= 4 is 27.3 Å². The maximum Gasteiger partial charge on any atom is 0.328 e. The van der Waals surface area contributed by atoms with Crippen molar-refractivity contribution < 1.29 is 19.1 Å². The van der Waals surface area contributed by atoms with Crippen molar-refractivity contribution in [3.63, 3.8) is 0 Å². The molecule has 136 valence electrons. The summed E-state index contributed by atoms with van der Waals surface area (Å²) in [4.78, 5) is 38.7. The highest BCUT2D eigenvalue weighted by Crippen LogP contribution is 2.65. The summed E-state index contributed by atoms with van der Waals surface area (Å²) in [5.41, 5.74) is -0.449. The van der Waals surface area contributed by atoms with Crippen LogP contribution in [0.4, 0.5) is 4.79 Å². The van der Waals surface area contributed by atoms with Crippen LogP contribution in [0.15, 0.2) is 0 Å². The Labute approximate surface area is 145 Å². The van der Waals surface area contributed by atoms with E-state index in [1.54, 1.807) is 4.90 Å². The van der Waals surface area contributed by atoms with E-state index >= 15 is 0 Å². The van der Waals surface area contributed by atoms with Crippen LogP contribution in [0.2, 0.25) is 0 Å². The van der Waals surface area contributed by atoms with Gasteiger partial charge in [-0.25, -0.2) is 9.59 Å². The van der Waals surface area contributed by atoms with Gasteiger partial charge in [0.05, 0.1) is 7.11 Å². The van der Waals surface area contributed by atoms with Gasteiger partial charge in [0.15, 0.2) is 0 Å². The molecule has 0 spiro atoms. The Balaban J connectivity index is 2.26. The molecule has 1 aliphatic carbocycles. The lowest BCUT2D eigenvalue weighted by Crippen LogP contribution is -2.58. The van der Waals surface area contributed by atoms with Crippen molar-refractivity contribution in [1.29, 1.82) is 0 Å². The zero-order valence-electron chi connectivity index (χ0n) is 15.2.